The highest BCUT2D eigenvalue weighted by Gasteiger charge is 2.17. The number of morpholine rings is 1. The van der Waals surface area contributed by atoms with Gasteiger partial charge in [-0.25, -0.2) is 9.37 Å². The summed E-state index contributed by atoms with van der Waals surface area (Å²) in [6, 6.07) is 6.60. The molecule has 1 amide bonds. The van der Waals surface area contributed by atoms with Gasteiger partial charge in [0.1, 0.15) is 10.8 Å². The molecule has 0 N–H and O–H groups in total. The molecule has 1 aromatic heterocycles. The van der Waals surface area contributed by atoms with E-state index < -0.39 is 0 Å². The van der Waals surface area contributed by atoms with E-state index in [1.165, 1.54) is 17.4 Å². The van der Waals surface area contributed by atoms with Crippen LogP contribution in [0.2, 0.25) is 0 Å². The second-order valence-electron chi connectivity index (χ2n) is 5.12. The molecule has 1 fully saturated rings. The third-order valence-electron chi connectivity index (χ3n) is 3.61. The van der Waals surface area contributed by atoms with Crippen molar-refractivity contribution in [2.24, 2.45) is 0 Å². The predicted molar refractivity (Wildman–Crippen MR) is 83.2 cm³/mol. The Labute approximate surface area is 132 Å². The molecule has 22 heavy (non-hydrogen) atoms. The normalized spacial score (nSPS) is 15.0. The molecular weight excluding hydrogens is 303 g/mol. The SMILES string of the molecule is O=C(CCc1csc(-c2ccccc2F)n1)N1CCOCC1. The zero-order valence-corrected chi connectivity index (χ0v) is 12.9. The Morgan fingerprint density at radius 2 is 2.09 bits per heavy atom. The van der Waals surface area contributed by atoms with Crippen molar-refractivity contribution in [2.75, 3.05) is 26.3 Å². The molecule has 0 bridgehead atoms. The molecule has 1 aliphatic heterocycles. The summed E-state index contributed by atoms with van der Waals surface area (Å²) < 4.78 is 19.0. The highest BCUT2D eigenvalue weighted by atomic mass is 32.1. The van der Waals surface area contributed by atoms with Crippen LogP contribution >= 0.6 is 11.3 Å². The lowest BCUT2D eigenvalue weighted by Crippen LogP contribution is -2.40. The fourth-order valence-corrected chi connectivity index (χ4v) is 3.27. The quantitative estimate of drug-likeness (QED) is 0.870. The van der Waals surface area contributed by atoms with E-state index in [1.54, 1.807) is 18.2 Å². The number of thiazole rings is 1. The first-order valence-corrected chi connectivity index (χ1v) is 8.17. The minimum absolute atomic E-state index is 0.128. The molecule has 0 radical (unpaired) electrons. The lowest BCUT2D eigenvalue weighted by molar-refractivity contribution is -0.135. The van der Waals surface area contributed by atoms with Gasteiger partial charge in [-0.1, -0.05) is 12.1 Å². The Hall–Kier alpha value is -1.79. The van der Waals surface area contributed by atoms with E-state index in [-0.39, 0.29) is 11.7 Å². The molecule has 0 aliphatic carbocycles. The number of amides is 1. The number of benzene rings is 1. The zero-order chi connectivity index (χ0) is 15.4. The lowest BCUT2D eigenvalue weighted by Gasteiger charge is -2.26. The summed E-state index contributed by atoms with van der Waals surface area (Å²) >= 11 is 1.41. The molecule has 1 saturated heterocycles. The topological polar surface area (TPSA) is 42.4 Å². The standard InChI is InChI=1S/C16H17FN2O2S/c17-14-4-2-1-3-13(14)16-18-12(11-22-16)5-6-15(20)19-7-9-21-10-8-19/h1-4,11H,5-10H2. The molecule has 6 heteroatoms. The number of hydrogen-bond acceptors (Lipinski definition) is 4. The summed E-state index contributed by atoms with van der Waals surface area (Å²) in [5.74, 6) is -0.142. The number of carbonyl (C=O) groups excluding carboxylic acids is 1. The van der Waals surface area contributed by atoms with Crippen LogP contribution in [0.25, 0.3) is 10.6 Å². The van der Waals surface area contributed by atoms with E-state index in [0.717, 1.165) is 5.69 Å². The van der Waals surface area contributed by atoms with Crippen LogP contribution in [0.15, 0.2) is 29.6 Å². The van der Waals surface area contributed by atoms with Gasteiger partial charge < -0.3 is 9.64 Å². The van der Waals surface area contributed by atoms with E-state index in [1.807, 2.05) is 10.3 Å². The van der Waals surface area contributed by atoms with Crippen LogP contribution < -0.4 is 0 Å². The molecule has 0 spiro atoms. The van der Waals surface area contributed by atoms with Crippen molar-refractivity contribution in [1.29, 1.82) is 0 Å². The molecule has 0 saturated carbocycles. The van der Waals surface area contributed by atoms with Gasteiger partial charge in [-0.2, -0.15) is 0 Å². The molecule has 1 aromatic carbocycles. The third kappa shape index (κ3) is 3.51. The van der Waals surface area contributed by atoms with Crippen molar-refractivity contribution in [3.8, 4) is 10.6 Å². The largest absolute Gasteiger partial charge is 0.378 e. The summed E-state index contributed by atoms with van der Waals surface area (Å²) in [6.45, 7) is 2.55. The summed E-state index contributed by atoms with van der Waals surface area (Å²) in [7, 11) is 0. The molecule has 4 nitrogen and oxygen atoms in total. The summed E-state index contributed by atoms with van der Waals surface area (Å²) in [6.07, 6.45) is 1.02. The van der Waals surface area contributed by atoms with Crippen molar-refractivity contribution in [2.45, 2.75) is 12.8 Å². The molecule has 3 rings (SSSR count). The van der Waals surface area contributed by atoms with Gasteiger partial charge in [0.2, 0.25) is 5.91 Å². The number of rotatable bonds is 4. The lowest BCUT2D eigenvalue weighted by atomic mass is 10.2. The van der Waals surface area contributed by atoms with Gasteiger partial charge in [-0.3, -0.25) is 4.79 Å². The van der Waals surface area contributed by atoms with Gasteiger partial charge in [0.15, 0.2) is 0 Å². The van der Waals surface area contributed by atoms with Crippen molar-refractivity contribution in [3.63, 3.8) is 0 Å². The molecular formula is C16H17FN2O2S. The third-order valence-corrected chi connectivity index (χ3v) is 4.54. The Kier molecular flexibility index (Phi) is 4.80. The highest BCUT2D eigenvalue weighted by Crippen LogP contribution is 2.26. The molecule has 1 aliphatic rings. The van der Waals surface area contributed by atoms with Crippen LogP contribution in [-0.4, -0.2) is 42.1 Å². The number of halogens is 1. The molecule has 116 valence electrons. The van der Waals surface area contributed by atoms with Crippen LogP contribution in [0.5, 0.6) is 0 Å². The number of aryl methyl sites for hydroxylation is 1. The molecule has 0 atom stereocenters. The first-order valence-electron chi connectivity index (χ1n) is 7.29. The minimum atomic E-state index is -0.271. The number of nitrogens with zero attached hydrogens (tertiary/aromatic N) is 2. The summed E-state index contributed by atoms with van der Waals surface area (Å²) in [5.41, 5.74) is 1.35. The summed E-state index contributed by atoms with van der Waals surface area (Å²) in [5, 5.41) is 2.56. The first kappa shape index (κ1) is 15.1. The maximum absolute atomic E-state index is 13.7. The fourth-order valence-electron chi connectivity index (χ4n) is 2.39. The van der Waals surface area contributed by atoms with E-state index in [2.05, 4.69) is 4.98 Å². The number of carbonyl (C=O) groups is 1. The predicted octanol–water partition coefficient (Wildman–Crippen LogP) is 2.74. The average Bonchev–Trinajstić information content (AvgIpc) is 3.02. The van der Waals surface area contributed by atoms with E-state index in [4.69, 9.17) is 4.74 Å². The number of aromatic nitrogens is 1. The maximum Gasteiger partial charge on any atom is 0.223 e. The van der Waals surface area contributed by atoms with Gasteiger partial charge in [0.25, 0.3) is 0 Å². The molecule has 0 unspecified atom stereocenters. The Bertz CT molecular complexity index is 653. The minimum Gasteiger partial charge on any atom is -0.378 e. The van der Waals surface area contributed by atoms with Gasteiger partial charge >= 0.3 is 0 Å². The Morgan fingerprint density at radius 1 is 1.32 bits per heavy atom. The van der Waals surface area contributed by atoms with E-state index in [9.17, 15) is 9.18 Å². The highest BCUT2D eigenvalue weighted by molar-refractivity contribution is 7.13. The van der Waals surface area contributed by atoms with Gasteiger partial charge in [0.05, 0.1) is 18.9 Å². The first-order chi connectivity index (χ1) is 10.7. The van der Waals surface area contributed by atoms with Crippen LogP contribution in [0, 0.1) is 5.82 Å². The Morgan fingerprint density at radius 3 is 2.86 bits per heavy atom. The molecule has 2 aromatic rings. The Balaban J connectivity index is 1.60. The van der Waals surface area contributed by atoms with Crippen molar-refractivity contribution >= 4 is 17.2 Å². The average molecular weight is 320 g/mol. The van der Waals surface area contributed by atoms with E-state index in [0.29, 0.717) is 49.7 Å². The van der Waals surface area contributed by atoms with Gasteiger partial charge in [-0.05, 0) is 18.6 Å². The van der Waals surface area contributed by atoms with Crippen molar-refractivity contribution in [3.05, 3.63) is 41.2 Å². The van der Waals surface area contributed by atoms with Gasteiger partial charge in [0, 0.05) is 30.5 Å². The number of ether oxygens (including phenoxy) is 1. The van der Waals surface area contributed by atoms with Crippen LogP contribution in [-0.2, 0) is 16.0 Å². The molecule has 2 heterocycles. The summed E-state index contributed by atoms with van der Waals surface area (Å²) in [4.78, 5) is 18.4. The monoisotopic (exact) mass is 320 g/mol. The maximum atomic E-state index is 13.7. The number of hydrogen-bond donors (Lipinski definition) is 0. The van der Waals surface area contributed by atoms with Crippen LogP contribution in [0.4, 0.5) is 4.39 Å². The van der Waals surface area contributed by atoms with Crippen molar-refractivity contribution in [1.82, 2.24) is 9.88 Å². The van der Waals surface area contributed by atoms with Gasteiger partial charge in [-0.15, -0.1) is 11.3 Å². The smallest absolute Gasteiger partial charge is 0.223 e. The van der Waals surface area contributed by atoms with Crippen LogP contribution in [0.1, 0.15) is 12.1 Å². The fraction of sp³-hybridized carbons (Fsp3) is 0.375. The second kappa shape index (κ2) is 6.98. The second-order valence-corrected chi connectivity index (χ2v) is 5.98. The van der Waals surface area contributed by atoms with E-state index >= 15 is 0 Å². The zero-order valence-electron chi connectivity index (χ0n) is 12.1. The van der Waals surface area contributed by atoms with Crippen molar-refractivity contribution < 1.29 is 13.9 Å². The van der Waals surface area contributed by atoms with Crippen LogP contribution in [0.3, 0.4) is 0 Å².